The lowest BCUT2D eigenvalue weighted by molar-refractivity contribution is -0.172. The maximum Gasteiger partial charge on any atom is 0.346 e. The maximum atomic E-state index is 12.1. The molecular formula is C14H24O4S. The molecule has 0 aromatic carbocycles. The van der Waals surface area contributed by atoms with Gasteiger partial charge in [-0.2, -0.15) is 0 Å². The highest BCUT2D eigenvalue weighted by atomic mass is 32.2. The molecule has 110 valence electrons. The Morgan fingerprint density at radius 2 is 2.16 bits per heavy atom. The second-order valence-corrected chi connectivity index (χ2v) is 7.15. The van der Waals surface area contributed by atoms with Gasteiger partial charge in [-0.25, -0.2) is 4.79 Å². The van der Waals surface area contributed by atoms with E-state index in [0.717, 1.165) is 12.8 Å². The number of esters is 1. The van der Waals surface area contributed by atoms with Crippen LogP contribution >= 0.6 is 11.8 Å². The molecule has 1 saturated heterocycles. The fraction of sp³-hybridized carbons (Fsp3) is 0.929. The van der Waals surface area contributed by atoms with Crippen molar-refractivity contribution in [1.82, 2.24) is 0 Å². The quantitative estimate of drug-likeness (QED) is 0.808. The molecule has 19 heavy (non-hydrogen) atoms. The highest BCUT2D eigenvalue weighted by Gasteiger charge is 2.37. The molecule has 1 unspecified atom stereocenters. The van der Waals surface area contributed by atoms with Crippen molar-refractivity contribution in [3.8, 4) is 0 Å². The molecule has 0 bridgehead atoms. The molecule has 1 aliphatic carbocycles. The predicted molar refractivity (Wildman–Crippen MR) is 74.6 cm³/mol. The molecule has 2 rings (SSSR count). The minimum Gasteiger partial charge on any atom is -0.459 e. The van der Waals surface area contributed by atoms with E-state index < -0.39 is 11.7 Å². The van der Waals surface area contributed by atoms with E-state index in [9.17, 15) is 9.90 Å². The van der Waals surface area contributed by atoms with Crippen molar-refractivity contribution in [3.63, 3.8) is 0 Å². The van der Waals surface area contributed by atoms with E-state index >= 15 is 0 Å². The number of rotatable bonds is 3. The molecular weight excluding hydrogens is 264 g/mol. The zero-order valence-corrected chi connectivity index (χ0v) is 12.7. The summed E-state index contributed by atoms with van der Waals surface area (Å²) >= 11 is 1.31. The molecule has 0 aromatic heterocycles. The highest BCUT2D eigenvalue weighted by Crippen LogP contribution is 2.36. The summed E-state index contributed by atoms with van der Waals surface area (Å²) in [6.45, 7) is 6.58. The predicted octanol–water partition coefficient (Wildman–Crippen LogP) is 2.40. The van der Waals surface area contributed by atoms with Crippen molar-refractivity contribution in [2.75, 3.05) is 5.75 Å². The summed E-state index contributed by atoms with van der Waals surface area (Å²) in [4.78, 5) is 12.1. The maximum absolute atomic E-state index is 12.1. The number of ether oxygens (including phenoxy) is 2. The van der Waals surface area contributed by atoms with Crippen LogP contribution in [0.25, 0.3) is 0 Å². The number of thioether (sulfide) groups is 1. The van der Waals surface area contributed by atoms with Gasteiger partial charge in [0, 0.05) is 5.75 Å². The smallest absolute Gasteiger partial charge is 0.346 e. The molecule has 0 radical (unpaired) electrons. The zero-order valence-electron chi connectivity index (χ0n) is 11.9. The van der Waals surface area contributed by atoms with Crippen molar-refractivity contribution < 1.29 is 19.4 Å². The molecule has 1 N–H and O–H groups in total. The third-order valence-corrected chi connectivity index (χ3v) is 5.18. The lowest BCUT2D eigenvalue weighted by Crippen LogP contribution is -2.38. The number of aliphatic hydroxyl groups is 1. The summed E-state index contributed by atoms with van der Waals surface area (Å²) in [6, 6.07) is 0. The van der Waals surface area contributed by atoms with E-state index in [4.69, 9.17) is 9.47 Å². The molecule has 1 aliphatic heterocycles. The first-order valence-electron chi connectivity index (χ1n) is 7.13. The Labute approximate surface area is 119 Å². The second kappa shape index (κ2) is 6.46. The standard InChI is InChI=1S/C14H24O4S/c1-8(2)10-5-4-9(3)6-11(10)17-13(16)14-18-12(15)7-19-14/h8-12,14-15H,4-7H2,1-3H3/t9-,10+,11-,12+,14?/m1/s1. The van der Waals surface area contributed by atoms with Crippen LogP contribution in [0.3, 0.4) is 0 Å². The second-order valence-electron chi connectivity index (χ2n) is 6.06. The van der Waals surface area contributed by atoms with Gasteiger partial charge in [0.15, 0.2) is 6.29 Å². The molecule has 1 saturated carbocycles. The lowest BCUT2D eigenvalue weighted by atomic mass is 9.75. The summed E-state index contributed by atoms with van der Waals surface area (Å²) in [5.74, 6) is 1.68. The van der Waals surface area contributed by atoms with E-state index in [1.165, 1.54) is 18.2 Å². The van der Waals surface area contributed by atoms with Crippen LogP contribution in [-0.4, -0.2) is 34.7 Å². The van der Waals surface area contributed by atoms with E-state index in [0.29, 0.717) is 23.5 Å². The van der Waals surface area contributed by atoms with Gasteiger partial charge in [0.2, 0.25) is 5.44 Å². The number of aliphatic hydroxyl groups excluding tert-OH is 1. The van der Waals surface area contributed by atoms with Gasteiger partial charge in [0.25, 0.3) is 0 Å². The number of hydrogen-bond acceptors (Lipinski definition) is 5. The van der Waals surface area contributed by atoms with Gasteiger partial charge in [0.05, 0.1) is 0 Å². The number of carbonyl (C=O) groups excluding carboxylic acids is 1. The average molecular weight is 288 g/mol. The summed E-state index contributed by atoms with van der Waals surface area (Å²) in [5, 5.41) is 9.29. The van der Waals surface area contributed by atoms with E-state index in [-0.39, 0.29) is 12.1 Å². The Bertz CT molecular complexity index is 321. The zero-order chi connectivity index (χ0) is 14.0. The number of hydrogen-bond donors (Lipinski definition) is 1. The van der Waals surface area contributed by atoms with Gasteiger partial charge in [-0.05, 0) is 30.6 Å². The minimum atomic E-state index is -0.839. The largest absolute Gasteiger partial charge is 0.459 e. The average Bonchev–Trinajstić information content (AvgIpc) is 2.75. The van der Waals surface area contributed by atoms with Crippen molar-refractivity contribution in [2.45, 2.75) is 57.9 Å². The Hall–Kier alpha value is -0.260. The molecule has 0 aromatic rings. The van der Waals surface area contributed by atoms with Crippen molar-refractivity contribution in [1.29, 1.82) is 0 Å². The van der Waals surface area contributed by atoms with Crippen LogP contribution in [0.5, 0.6) is 0 Å². The van der Waals surface area contributed by atoms with Crippen LogP contribution < -0.4 is 0 Å². The third kappa shape index (κ3) is 3.86. The normalized spacial score (nSPS) is 39.5. The van der Waals surface area contributed by atoms with E-state index in [1.807, 2.05) is 0 Å². The van der Waals surface area contributed by atoms with Crippen LogP contribution in [0.2, 0.25) is 0 Å². The highest BCUT2D eigenvalue weighted by molar-refractivity contribution is 8.00. The Morgan fingerprint density at radius 1 is 1.42 bits per heavy atom. The van der Waals surface area contributed by atoms with Crippen LogP contribution in [0, 0.1) is 17.8 Å². The van der Waals surface area contributed by atoms with Gasteiger partial charge in [-0.3, -0.25) is 0 Å². The van der Waals surface area contributed by atoms with Crippen molar-refractivity contribution in [3.05, 3.63) is 0 Å². The Kier molecular flexibility index (Phi) is 5.15. The van der Waals surface area contributed by atoms with E-state index in [1.54, 1.807) is 0 Å². The number of carbonyl (C=O) groups is 1. The van der Waals surface area contributed by atoms with Gasteiger partial charge in [-0.1, -0.05) is 27.2 Å². The summed E-state index contributed by atoms with van der Waals surface area (Å²) < 4.78 is 10.8. The topological polar surface area (TPSA) is 55.8 Å². The molecule has 1 heterocycles. The lowest BCUT2D eigenvalue weighted by Gasteiger charge is -2.37. The summed E-state index contributed by atoms with van der Waals surface area (Å²) in [7, 11) is 0. The molecule has 2 aliphatic rings. The van der Waals surface area contributed by atoms with Gasteiger partial charge in [0.1, 0.15) is 6.10 Å². The summed E-state index contributed by atoms with van der Waals surface area (Å²) in [6.07, 6.45) is 2.43. The van der Waals surface area contributed by atoms with E-state index in [2.05, 4.69) is 20.8 Å². The van der Waals surface area contributed by atoms with Gasteiger partial charge in [-0.15, -0.1) is 11.8 Å². The SMILES string of the molecule is CC(C)[C@@H]1CC[C@@H](C)C[C@H]1OC(=O)C1O[C@H](O)CS1. The molecule has 2 fully saturated rings. The Morgan fingerprint density at radius 3 is 2.74 bits per heavy atom. The first-order valence-corrected chi connectivity index (χ1v) is 8.18. The first-order chi connectivity index (χ1) is 8.97. The van der Waals surface area contributed by atoms with Crippen LogP contribution in [0.4, 0.5) is 0 Å². The molecule has 0 amide bonds. The van der Waals surface area contributed by atoms with Crippen molar-refractivity contribution >= 4 is 17.7 Å². The fourth-order valence-corrected chi connectivity index (χ4v) is 3.79. The third-order valence-electron chi connectivity index (χ3n) is 4.09. The first kappa shape index (κ1) is 15.1. The van der Waals surface area contributed by atoms with Gasteiger partial charge < -0.3 is 14.6 Å². The van der Waals surface area contributed by atoms with Gasteiger partial charge >= 0.3 is 5.97 Å². The fourth-order valence-electron chi connectivity index (χ4n) is 2.97. The molecule has 0 spiro atoms. The molecule has 5 heteroatoms. The summed E-state index contributed by atoms with van der Waals surface area (Å²) in [5.41, 5.74) is -0.653. The Balaban J connectivity index is 1.92. The molecule has 5 atom stereocenters. The van der Waals surface area contributed by atoms with Crippen molar-refractivity contribution in [2.24, 2.45) is 17.8 Å². The molecule has 4 nitrogen and oxygen atoms in total. The van der Waals surface area contributed by atoms with Crippen LogP contribution in [0.15, 0.2) is 0 Å². The monoisotopic (exact) mass is 288 g/mol. The minimum absolute atomic E-state index is 0.00167. The van der Waals surface area contributed by atoms with Crippen LogP contribution in [-0.2, 0) is 14.3 Å². The van der Waals surface area contributed by atoms with Crippen LogP contribution in [0.1, 0.15) is 40.0 Å².